The lowest BCUT2D eigenvalue weighted by Gasteiger charge is -2.09. The van der Waals surface area contributed by atoms with E-state index < -0.39 is 5.97 Å². The number of rotatable bonds is 6. The van der Waals surface area contributed by atoms with E-state index in [0.717, 1.165) is 16.2 Å². The standard InChI is InChI=1S/C14H14O4S/c1-17-8-9-18-11-5-3-2-4-10(11)12-6-7-13(19-12)14(15)16/h2-7H,8-9H2,1H3,(H,15,16). The molecule has 0 atom stereocenters. The summed E-state index contributed by atoms with van der Waals surface area (Å²) in [5.41, 5.74) is 0.899. The topological polar surface area (TPSA) is 55.8 Å². The molecule has 0 bridgehead atoms. The zero-order valence-electron chi connectivity index (χ0n) is 10.5. The summed E-state index contributed by atoms with van der Waals surface area (Å²) in [6, 6.07) is 11.0. The van der Waals surface area contributed by atoms with Crippen LogP contribution in [-0.4, -0.2) is 31.4 Å². The molecular formula is C14H14O4S. The number of ether oxygens (including phenoxy) is 2. The molecule has 0 saturated carbocycles. The number of para-hydroxylation sites is 1. The minimum atomic E-state index is -0.908. The van der Waals surface area contributed by atoms with Gasteiger partial charge >= 0.3 is 5.97 Å². The Bertz CT molecular complexity index is 562. The first-order valence-electron chi connectivity index (χ1n) is 5.76. The fraction of sp³-hybridized carbons (Fsp3) is 0.214. The molecule has 5 heteroatoms. The summed E-state index contributed by atoms with van der Waals surface area (Å²) in [6.45, 7) is 0.976. The van der Waals surface area contributed by atoms with Crippen molar-refractivity contribution >= 4 is 17.3 Å². The molecule has 100 valence electrons. The highest BCUT2D eigenvalue weighted by Crippen LogP contribution is 2.34. The quantitative estimate of drug-likeness (QED) is 0.825. The van der Waals surface area contributed by atoms with Crippen molar-refractivity contribution in [3.05, 3.63) is 41.3 Å². The normalized spacial score (nSPS) is 10.4. The molecule has 0 unspecified atom stereocenters. The van der Waals surface area contributed by atoms with E-state index in [1.807, 2.05) is 24.3 Å². The molecule has 1 heterocycles. The SMILES string of the molecule is COCCOc1ccccc1-c1ccc(C(=O)O)s1. The van der Waals surface area contributed by atoms with Crippen LogP contribution in [0.15, 0.2) is 36.4 Å². The second-order valence-corrected chi connectivity index (χ2v) is 4.89. The van der Waals surface area contributed by atoms with Gasteiger partial charge in [-0.05, 0) is 24.3 Å². The highest BCUT2D eigenvalue weighted by Gasteiger charge is 2.11. The predicted octanol–water partition coefficient (Wildman–Crippen LogP) is 3.14. The number of carbonyl (C=O) groups is 1. The summed E-state index contributed by atoms with van der Waals surface area (Å²) in [5.74, 6) is -0.174. The Balaban J connectivity index is 2.25. The molecule has 1 aromatic heterocycles. The molecule has 19 heavy (non-hydrogen) atoms. The van der Waals surface area contributed by atoms with E-state index >= 15 is 0 Å². The van der Waals surface area contributed by atoms with Gasteiger partial charge in [-0.2, -0.15) is 0 Å². The molecule has 0 aliphatic carbocycles. The Morgan fingerprint density at radius 1 is 1.21 bits per heavy atom. The van der Waals surface area contributed by atoms with Crippen molar-refractivity contribution in [2.75, 3.05) is 20.3 Å². The zero-order valence-corrected chi connectivity index (χ0v) is 11.3. The van der Waals surface area contributed by atoms with E-state index in [0.29, 0.717) is 18.1 Å². The second-order valence-electron chi connectivity index (χ2n) is 3.81. The van der Waals surface area contributed by atoms with Gasteiger partial charge in [0.15, 0.2) is 0 Å². The molecule has 0 aliphatic heterocycles. The third-order valence-corrected chi connectivity index (χ3v) is 3.62. The van der Waals surface area contributed by atoms with Gasteiger partial charge in [0.25, 0.3) is 0 Å². The van der Waals surface area contributed by atoms with E-state index in [2.05, 4.69) is 0 Å². The first-order chi connectivity index (χ1) is 9.22. The Morgan fingerprint density at radius 3 is 2.68 bits per heavy atom. The van der Waals surface area contributed by atoms with Gasteiger partial charge in [0.2, 0.25) is 0 Å². The van der Waals surface area contributed by atoms with Crippen LogP contribution in [0, 0.1) is 0 Å². The van der Waals surface area contributed by atoms with Gasteiger partial charge < -0.3 is 14.6 Å². The van der Waals surface area contributed by atoms with Crippen LogP contribution in [0.2, 0.25) is 0 Å². The van der Waals surface area contributed by atoms with Crippen molar-refractivity contribution in [2.45, 2.75) is 0 Å². The molecule has 0 aliphatic rings. The van der Waals surface area contributed by atoms with Crippen LogP contribution in [0.4, 0.5) is 0 Å². The molecule has 1 N–H and O–H groups in total. The zero-order chi connectivity index (χ0) is 13.7. The van der Waals surface area contributed by atoms with Crippen molar-refractivity contribution in [1.29, 1.82) is 0 Å². The third-order valence-electron chi connectivity index (χ3n) is 2.51. The van der Waals surface area contributed by atoms with Gasteiger partial charge in [0.1, 0.15) is 17.2 Å². The van der Waals surface area contributed by atoms with E-state index in [4.69, 9.17) is 14.6 Å². The summed E-state index contributed by atoms with van der Waals surface area (Å²) >= 11 is 1.24. The Morgan fingerprint density at radius 2 is 2.00 bits per heavy atom. The fourth-order valence-electron chi connectivity index (χ4n) is 1.63. The van der Waals surface area contributed by atoms with Gasteiger partial charge in [0, 0.05) is 17.6 Å². The highest BCUT2D eigenvalue weighted by atomic mass is 32.1. The maximum atomic E-state index is 10.9. The number of hydrogen-bond donors (Lipinski definition) is 1. The molecule has 4 nitrogen and oxygen atoms in total. The number of hydrogen-bond acceptors (Lipinski definition) is 4. The smallest absolute Gasteiger partial charge is 0.345 e. The first-order valence-corrected chi connectivity index (χ1v) is 6.58. The third kappa shape index (κ3) is 3.33. The van der Waals surface area contributed by atoms with Crippen molar-refractivity contribution in [3.8, 4) is 16.2 Å². The van der Waals surface area contributed by atoms with Gasteiger partial charge in [-0.3, -0.25) is 0 Å². The van der Waals surface area contributed by atoms with Crippen LogP contribution in [0.1, 0.15) is 9.67 Å². The lowest BCUT2D eigenvalue weighted by Crippen LogP contribution is -2.04. The number of methoxy groups -OCH3 is 1. The molecule has 0 spiro atoms. The summed E-state index contributed by atoms with van der Waals surface area (Å²) < 4.78 is 10.6. The average Bonchev–Trinajstić information content (AvgIpc) is 2.89. The first kappa shape index (κ1) is 13.6. The van der Waals surface area contributed by atoms with E-state index in [-0.39, 0.29) is 0 Å². The predicted molar refractivity (Wildman–Crippen MR) is 74.1 cm³/mol. The number of carboxylic acids is 1. The lowest BCUT2D eigenvalue weighted by atomic mass is 10.1. The fourth-order valence-corrected chi connectivity index (χ4v) is 2.50. The van der Waals surface area contributed by atoms with E-state index in [1.165, 1.54) is 11.3 Å². The Kier molecular flexibility index (Phi) is 4.54. The number of carboxylic acid groups (broad SMARTS) is 1. The van der Waals surface area contributed by atoms with Crippen molar-refractivity contribution in [1.82, 2.24) is 0 Å². The van der Waals surface area contributed by atoms with E-state index in [9.17, 15) is 4.79 Å². The van der Waals surface area contributed by atoms with Gasteiger partial charge in [-0.1, -0.05) is 12.1 Å². The van der Waals surface area contributed by atoms with Crippen LogP contribution in [0.25, 0.3) is 10.4 Å². The van der Waals surface area contributed by atoms with E-state index in [1.54, 1.807) is 19.2 Å². The molecular weight excluding hydrogens is 264 g/mol. The largest absolute Gasteiger partial charge is 0.491 e. The lowest BCUT2D eigenvalue weighted by molar-refractivity contribution is 0.0702. The second kappa shape index (κ2) is 6.36. The molecule has 0 amide bonds. The van der Waals surface area contributed by atoms with Gasteiger partial charge in [-0.15, -0.1) is 11.3 Å². The Labute approximate surface area is 115 Å². The molecule has 0 radical (unpaired) electrons. The molecule has 1 aromatic carbocycles. The molecule has 2 rings (SSSR count). The van der Waals surface area contributed by atoms with Crippen LogP contribution in [0.3, 0.4) is 0 Å². The Hall–Kier alpha value is -1.85. The summed E-state index contributed by atoms with van der Waals surface area (Å²) in [4.78, 5) is 12.1. The highest BCUT2D eigenvalue weighted by molar-refractivity contribution is 7.17. The number of benzene rings is 1. The summed E-state index contributed by atoms with van der Waals surface area (Å²) in [6.07, 6.45) is 0. The minimum Gasteiger partial charge on any atom is -0.491 e. The van der Waals surface area contributed by atoms with Crippen LogP contribution < -0.4 is 4.74 Å². The summed E-state index contributed by atoms with van der Waals surface area (Å²) in [5, 5.41) is 8.95. The van der Waals surface area contributed by atoms with Crippen molar-refractivity contribution in [3.63, 3.8) is 0 Å². The average molecular weight is 278 g/mol. The van der Waals surface area contributed by atoms with Crippen molar-refractivity contribution < 1.29 is 19.4 Å². The number of thiophene rings is 1. The molecule has 2 aromatic rings. The molecule has 0 saturated heterocycles. The maximum absolute atomic E-state index is 10.9. The minimum absolute atomic E-state index is 0.321. The van der Waals surface area contributed by atoms with Crippen LogP contribution in [-0.2, 0) is 4.74 Å². The van der Waals surface area contributed by atoms with Gasteiger partial charge in [0.05, 0.1) is 6.61 Å². The molecule has 0 fully saturated rings. The monoisotopic (exact) mass is 278 g/mol. The number of aromatic carboxylic acids is 1. The van der Waals surface area contributed by atoms with Crippen LogP contribution in [0.5, 0.6) is 5.75 Å². The van der Waals surface area contributed by atoms with Crippen molar-refractivity contribution in [2.24, 2.45) is 0 Å². The van der Waals surface area contributed by atoms with Gasteiger partial charge in [-0.25, -0.2) is 4.79 Å². The summed E-state index contributed by atoms with van der Waals surface area (Å²) in [7, 11) is 1.62. The van der Waals surface area contributed by atoms with Crippen LogP contribution >= 0.6 is 11.3 Å². The maximum Gasteiger partial charge on any atom is 0.345 e.